The average molecular weight is 294 g/mol. The zero-order chi connectivity index (χ0) is 15.5. The third kappa shape index (κ3) is 6.46. The van der Waals surface area contributed by atoms with Crippen molar-refractivity contribution in [2.75, 3.05) is 47.0 Å². The molecule has 1 aromatic rings. The Kier molecular flexibility index (Phi) is 9.06. The molecule has 1 atom stereocenters. The van der Waals surface area contributed by atoms with E-state index in [1.165, 1.54) is 5.56 Å². The number of ether oxygens (including phenoxy) is 2. The van der Waals surface area contributed by atoms with Crippen LogP contribution in [0.3, 0.4) is 0 Å². The summed E-state index contributed by atoms with van der Waals surface area (Å²) in [5.41, 5.74) is 1.24. The fourth-order valence-corrected chi connectivity index (χ4v) is 2.46. The monoisotopic (exact) mass is 294 g/mol. The Bertz CT molecular complexity index is 385. The lowest BCUT2D eigenvalue weighted by atomic mass is 10.0. The van der Waals surface area contributed by atoms with Gasteiger partial charge in [0, 0.05) is 38.4 Å². The minimum Gasteiger partial charge on any atom is -0.494 e. The molecule has 0 aromatic heterocycles. The van der Waals surface area contributed by atoms with E-state index in [-0.39, 0.29) is 6.04 Å². The lowest BCUT2D eigenvalue weighted by Crippen LogP contribution is -2.34. The summed E-state index contributed by atoms with van der Waals surface area (Å²) in [4.78, 5) is 2.34. The summed E-state index contributed by atoms with van der Waals surface area (Å²) in [5.74, 6) is 0.983. The maximum Gasteiger partial charge on any atom is 0.124 e. The van der Waals surface area contributed by atoms with E-state index in [0.717, 1.165) is 38.4 Å². The number of nitrogens with one attached hydrogen (secondary N) is 1. The van der Waals surface area contributed by atoms with Crippen molar-refractivity contribution in [1.82, 2.24) is 10.2 Å². The van der Waals surface area contributed by atoms with Crippen molar-refractivity contribution in [2.45, 2.75) is 26.3 Å². The molecule has 21 heavy (non-hydrogen) atoms. The summed E-state index contributed by atoms with van der Waals surface area (Å²) in [5, 5.41) is 3.57. The lowest BCUT2D eigenvalue weighted by molar-refractivity contribution is 0.176. The van der Waals surface area contributed by atoms with Crippen molar-refractivity contribution in [2.24, 2.45) is 0 Å². The number of benzene rings is 1. The molecule has 0 heterocycles. The number of rotatable bonds is 11. The van der Waals surface area contributed by atoms with Crippen molar-refractivity contribution in [3.8, 4) is 5.75 Å². The van der Waals surface area contributed by atoms with Crippen LogP contribution >= 0.6 is 0 Å². The number of hydrogen-bond acceptors (Lipinski definition) is 4. The van der Waals surface area contributed by atoms with Gasteiger partial charge in [0.1, 0.15) is 5.75 Å². The van der Waals surface area contributed by atoms with Gasteiger partial charge in [-0.15, -0.1) is 0 Å². The molecule has 1 aromatic carbocycles. The summed E-state index contributed by atoms with van der Waals surface area (Å²) in [6.07, 6.45) is 1.05. The second kappa shape index (κ2) is 10.6. The maximum absolute atomic E-state index is 5.77. The molecule has 4 heteroatoms. The van der Waals surface area contributed by atoms with Crippen LogP contribution in [-0.4, -0.2) is 51.9 Å². The Morgan fingerprint density at radius 1 is 1.24 bits per heavy atom. The van der Waals surface area contributed by atoms with Gasteiger partial charge in [0.2, 0.25) is 0 Å². The molecule has 0 spiro atoms. The average Bonchev–Trinajstić information content (AvgIpc) is 2.48. The van der Waals surface area contributed by atoms with E-state index in [9.17, 15) is 0 Å². The van der Waals surface area contributed by atoms with E-state index in [4.69, 9.17) is 9.47 Å². The Labute approximate surface area is 129 Å². The Morgan fingerprint density at radius 3 is 2.67 bits per heavy atom. The molecule has 0 saturated heterocycles. The second-order valence-electron chi connectivity index (χ2n) is 5.19. The van der Waals surface area contributed by atoms with Crippen molar-refractivity contribution in [1.29, 1.82) is 0 Å². The van der Waals surface area contributed by atoms with Gasteiger partial charge in [-0.1, -0.05) is 25.1 Å². The number of nitrogens with zero attached hydrogens (tertiary/aromatic N) is 1. The predicted octanol–water partition coefficient (Wildman–Crippen LogP) is 2.70. The number of methoxy groups -OCH3 is 1. The minimum absolute atomic E-state index is 0.283. The van der Waals surface area contributed by atoms with E-state index >= 15 is 0 Å². The first-order valence-electron chi connectivity index (χ1n) is 7.85. The molecule has 1 N–H and O–H groups in total. The van der Waals surface area contributed by atoms with Gasteiger partial charge in [-0.25, -0.2) is 0 Å². The van der Waals surface area contributed by atoms with Gasteiger partial charge in [-0.2, -0.15) is 0 Å². The Hall–Kier alpha value is -1.10. The van der Waals surface area contributed by atoms with Crippen molar-refractivity contribution < 1.29 is 9.47 Å². The molecule has 0 fully saturated rings. The van der Waals surface area contributed by atoms with Crippen molar-refractivity contribution in [3.05, 3.63) is 29.8 Å². The van der Waals surface area contributed by atoms with Gasteiger partial charge in [0.05, 0.1) is 6.61 Å². The molecular weight excluding hydrogens is 264 g/mol. The van der Waals surface area contributed by atoms with Crippen LogP contribution in [0.4, 0.5) is 0 Å². The van der Waals surface area contributed by atoms with E-state index in [1.807, 2.05) is 19.1 Å². The molecule has 0 radical (unpaired) electrons. The predicted molar refractivity (Wildman–Crippen MR) is 88.0 cm³/mol. The quantitative estimate of drug-likeness (QED) is 0.636. The minimum atomic E-state index is 0.283. The van der Waals surface area contributed by atoms with E-state index in [1.54, 1.807) is 7.11 Å². The molecule has 0 bridgehead atoms. The standard InChI is InChI=1S/C17H30N2O2/c1-5-18-16(14-19(3)12-9-13-20-4)15-10-7-8-11-17(15)21-6-2/h7-8,10-11,16,18H,5-6,9,12-14H2,1-4H3. The number of likely N-dealkylation sites (N-methyl/N-ethyl adjacent to an activating group) is 2. The van der Waals surface area contributed by atoms with Crippen LogP contribution in [0.5, 0.6) is 5.75 Å². The van der Waals surface area contributed by atoms with Crippen LogP contribution in [-0.2, 0) is 4.74 Å². The number of hydrogen-bond donors (Lipinski definition) is 1. The SMILES string of the molecule is CCNC(CN(C)CCCOC)c1ccccc1OCC. The summed E-state index contributed by atoms with van der Waals surface area (Å²) < 4.78 is 10.9. The zero-order valence-corrected chi connectivity index (χ0v) is 13.9. The smallest absolute Gasteiger partial charge is 0.124 e. The molecular formula is C17H30N2O2. The maximum atomic E-state index is 5.77. The molecule has 0 amide bonds. The van der Waals surface area contributed by atoms with Crippen LogP contribution < -0.4 is 10.1 Å². The summed E-state index contributed by atoms with van der Waals surface area (Å²) in [6.45, 7) is 8.60. The molecule has 4 nitrogen and oxygen atoms in total. The van der Waals surface area contributed by atoms with Crippen LogP contribution in [0.15, 0.2) is 24.3 Å². The van der Waals surface area contributed by atoms with E-state index in [0.29, 0.717) is 6.61 Å². The zero-order valence-electron chi connectivity index (χ0n) is 13.9. The van der Waals surface area contributed by atoms with Crippen LogP contribution in [0.1, 0.15) is 31.9 Å². The van der Waals surface area contributed by atoms with Gasteiger partial charge >= 0.3 is 0 Å². The Balaban J connectivity index is 2.71. The first-order chi connectivity index (χ1) is 10.2. The fourth-order valence-electron chi connectivity index (χ4n) is 2.46. The third-order valence-electron chi connectivity index (χ3n) is 3.43. The van der Waals surface area contributed by atoms with Gasteiger partial charge in [0.15, 0.2) is 0 Å². The molecule has 1 unspecified atom stereocenters. The molecule has 0 aliphatic carbocycles. The van der Waals surface area contributed by atoms with Gasteiger partial charge in [0.25, 0.3) is 0 Å². The summed E-state index contributed by atoms with van der Waals surface area (Å²) in [7, 11) is 3.91. The Morgan fingerprint density at radius 2 is 2.00 bits per heavy atom. The highest BCUT2D eigenvalue weighted by Crippen LogP contribution is 2.25. The summed E-state index contributed by atoms with van der Waals surface area (Å²) in [6, 6.07) is 8.59. The normalized spacial score (nSPS) is 12.6. The second-order valence-corrected chi connectivity index (χ2v) is 5.19. The van der Waals surface area contributed by atoms with E-state index < -0.39 is 0 Å². The molecule has 120 valence electrons. The fraction of sp³-hybridized carbons (Fsp3) is 0.647. The van der Waals surface area contributed by atoms with Crippen LogP contribution in [0.2, 0.25) is 0 Å². The lowest BCUT2D eigenvalue weighted by Gasteiger charge is -2.26. The van der Waals surface area contributed by atoms with Crippen molar-refractivity contribution >= 4 is 0 Å². The molecule has 1 rings (SSSR count). The largest absolute Gasteiger partial charge is 0.494 e. The van der Waals surface area contributed by atoms with Gasteiger partial charge in [-0.05, 0) is 33.0 Å². The first kappa shape index (κ1) is 18.0. The topological polar surface area (TPSA) is 33.7 Å². The molecule has 0 saturated carbocycles. The van der Waals surface area contributed by atoms with Crippen LogP contribution in [0.25, 0.3) is 0 Å². The molecule has 0 aliphatic rings. The van der Waals surface area contributed by atoms with E-state index in [2.05, 4.69) is 36.3 Å². The van der Waals surface area contributed by atoms with Crippen LogP contribution in [0, 0.1) is 0 Å². The summed E-state index contributed by atoms with van der Waals surface area (Å²) >= 11 is 0. The van der Waals surface area contributed by atoms with Gasteiger partial charge < -0.3 is 19.7 Å². The number of para-hydroxylation sites is 1. The highest BCUT2D eigenvalue weighted by atomic mass is 16.5. The highest BCUT2D eigenvalue weighted by molar-refractivity contribution is 5.36. The molecule has 0 aliphatic heterocycles. The van der Waals surface area contributed by atoms with Gasteiger partial charge in [-0.3, -0.25) is 0 Å². The highest BCUT2D eigenvalue weighted by Gasteiger charge is 2.16. The first-order valence-corrected chi connectivity index (χ1v) is 7.85. The third-order valence-corrected chi connectivity index (χ3v) is 3.43. The van der Waals surface area contributed by atoms with Crippen molar-refractivity contribution in [3.63, 3.8) is 0 Å².